The van der Waals surface area contributed by atoms with Gasteiger partial charge in [-0.1, -0.05) is 42.5 Å². The molecule has 28 heavy (non-hydrogen) atoms. The van der Waals surface area contributed by atoms with Gasteiger partial charge in [0.2, 0.25) is 0 Å². The number of fused-ring (bicyclic) bond motifs is 1. The number of aromatic amines is 1. The van der Waals surface area contributed by atoms with Crippen molar-refractivity contribution in [1.29, 1.82) is 0 Å². The molecule has 0 saturated carbocycles. The second-order valence-electron chi connectivity index (χ2n) is 7.00. The molecule has 4 heteroatoms. The Hall–Kier alpha value is -3.27. The maximum absolute atomic E-state index is 13.9. The zero-order chi connectivity index (χ0) is 19.3. The number of halogens is 1. The van der Waals surface area contributed by atoms with Crippen molar-refractivity contribution >= 4 is 16.8 Å². The van der Waals surface area contributed by atoms with Gasteiger partial charge in [0.05, 0.1) is 0 Å². The molecule has 0 radical (unpaired) electrons. The van der Waals surface area contributed by atoms with E-state index in [1.807, 2.05) is 48.7 Å². The highest BCUT2D eigenvalue weighted by molar-refractivity contribution is 5.83. The first-order valence-electron chi connectivity index (χ1n) is 9.46. The van der Waals surface area contributed by atoms with Gasteiger partial charge in [-0.2, -0.15) is 0 Å². The summed E-state index contributed by atoms with van der Waals surface area (Å²) in [6.07, 6.45) is 6.20. The molecule has 0 amide bonds. The summed E-state index contributed by atoms with van der Waals surface area (Å²) in [4.78, 5) is 19.7. The zero-order valence-corrected chi connectivity index (χ0v) is 15.5. The van der Waals surface area contributed by atoms with Crippen LogP contribution >= 0.6 is 0 Å². The lowest BCUT2D eigenvalue weighted by atomic mass is 10.00. The fourth-order valence-electron chi connectivity index (χ4n) is 3.43. The van der Waals surface area contributed by atoms with Gasteiger partial charge in [0.1, 0.15) is 17.2 Å². The summed E-state index contributed by atoms with van der Waals surface area (Å²) >= 11 is 0. The SMILES string of the molecule is O=C(CCCc1ccc(-c2ccccc2F)cc1)Cc1cnc2[nH]ccc2c1. The van der Waals surface area contributed by atoms with E-state index in [4.69, 9.17) is 0 Å². The largest absolute Gasteiger partial charge is 0.346 e. The monoisotopic (exact) mass is 372 g/mol. The minimum atomic E-state index is -0.215. The summed E-state index contributed by atoms with van der Waals surface area (Å²) in [5.74, 6) is 0.00725. The summed E-state index contributed by atoms with van der Waals surface area (Å²) in [7, 11) is 0. The topological polar surface area (TPSA) is 45.8 Å². The molecule has 0 saturated heterocycles. The molecule has 0 aliphatic rings. The minimum absolute atomic E-state index is 0.215. The van der Waals surface area contributed by atoms with Crippen LogP contribution in [0.3, 0.4) is 0 Å². The van der Waals surface area contributed by atoms with Crippen molar-refractivity contribution in [3.8, 4) is 11.1 Å². The summed E-state index contributed by atoms with van der Waals surface area (Å²) in [5.41, 5.74) is 4.42. The van der Waals surface area contributed by atoms with Crippen molar-refractivity contribution in [3.63, 3.8) is 0 Å². The first-order chi connectivity index (χ1) is 13.7. The number of nitrogens with one attached hydrogen (secondary N) is 1. The number of pyridine rings is 1. The van der Waals surface area contributed by atoms with E-state index in [0.29, 0.717) is 18.4 Å². The highest BCUT2D eigenvalue weighted by Gasteiger charge is 2.07. The number of aryl methyl sites for hydroxylation is 1. The van der Waals surface area contributed by atoms with Crippen LogP contribution in [0.15, 0.2) is 73.1 Å². The Kier molecular flexibility index (Phi) is 5.29. The summed E-state index contributed by atoms with van der Waals surface area (Å²) in [6, 6.07) is 18.6. The van der Waals surface area contributed by atoms with Crippen molar-refractivity contribution in [3.05, 3.63) is 90.0 Å². The van der Waals surface area contributed by atoms with Crippen LogP contribution in [0.4, 0.5) is 4.39 Å². The van der Waals surface area contributed by atoms with Gasteiger partial charge in [0.15, 0.2) is 0 Å². The maximum atomic E-state index is 13.9. The Morgan fingerprint density at radius 3 is 2.64 bits per heavy atom. The molecule has 140 valence electrons. The first-order valence-corrected chi connectivity index (χ1v) is 9.46. The normalized spacial score (nSPS) is 11.0. The van der Waals surface area contributed by atoms with Crippen LogP contribution in [0.5, 0.6) is 0 Å². The lowest BCUT2D eigenvalue weighted by Crippen LogP contribution is -2.03. The van der Waals surface area contributed by atoms with Crippen LogP contribution in [-0.2, 0) is 17.6 Å². The lowest BCUT2D eigenvalue weighted by molar-refractivity contribution is -0.118. The minimum Gasteiger partial charge on any atom is -0.346 e. The molecular formula is C24H21FN2O. The van der Waals surface area contributed by atoms with E-state index in [0.717, 1.165) is 40.6 Å². The average molecular weight is 372 g/mol. The van der Waals surface area contributed by atoms with Gasteiger partial charge in [-0.05, 0) is 47.7 Å². The van der Waals surface area contributed by atoms with Crippen molar-refractivity contribution in [1.82, 2.24) is 9.97 Å². The number of hydrogen-bond acceptors (Lipinski definition) is 2. The Morgan fingerprint density at radius 1 is 1.00 bits per heavy atom. The van der Waals surface area contributed by atoms with Gasteiger partial charge in [-0.25, -0.2) is 9.37 Å². The van der Waals surface area contributed by atoms with Crippen LogP contribution in [0.25, 0.3) is 22.2 Å². The molecule has 0 aliphatic carbocycles. The predicted molar refractivity (Wildman–Crippen MR) is 110 cm³/mol. The Bertz CT molecular complexity index is 1100. The van der Waals surface area contributed by atoms with Gasteiger partial charge >= 0.3 is 0 Å². The quantitative estimate of drug-likeness (QED) is 0.465. The Morgan fingerprint density at radius 2 is 1.82 bits per heavy atom. The van der Waals surface area contributed by atoms with Crippen LogP contribution in [0.2, 0.25) is 0 Å². The van der Waals surface area contributed by atoms with E-state index in [2.05, 4.69) is 9.97 Å². The van der Waals surface area contributed by atoms with E-state index in [1.54, 1.807) is 18.3 Å². The maximum Gasteiger partial charge on any atom is 0.137 e. The standard InChI is InChI=1S/C24H21FN2O/c25-23-7-2-1-6-22(23)19-10-8-17(9-11-19)4-3-5-21(28)15-18-14-20-12-13-26-24(20)27-16-18/h1-2,6-14,16H,3-5,15H2,(H,26,27). The molecule has 2 aromatic heterocycles. The fourth-order valence-corrected chi connectivity index (χ4v) is 3.43. The summed E-state index contributed by atoms with van der Waals surface area (Å²) < 4.78 is 13.9. The predicted octanol–water partition coefficient (Wildman–Crippen LogP) is 5.50. The molecule has 0 atom stereocenters. The van der Waals surface area contributed by atoms with Gasteiger partial charge in [-0.3, -0.25) is 4.79 Å². The summed E-state index contributed by atoms with van der Waals surface area (Å²) in [5, 5.41) is 1.03. The third kappa shape index (κ3) is 4.17. The third-order valence-corrected chi connectivity index (χ3v) is 4.92. The van der Waals surface area contributed by atoms with Gasteiger partial charge in [-0.15, -0.1) is 0 Å². The number of carbonyl (C=O) groups is 1. The molecule has 2 heterocycles. The number of rotatable bonds is 7. The average Bonchev–Trinajstić information content (AvgIpc) is 3.17. The number of H-pyrrole nitrogens is 1. The Balaban J connectivity index is 1.29. The molecule has 4 aromatic rings. The number of benzene rings is 2. The molecule has 1 N–H and O–H groups in total. The molecule has 0 bridgehead atoms. The lowest BCUT2D eigenvalue weighted by Gasteiger charge is -2.06. The molecular weight excluding hydrogens is 351 g/mol. The number of aromatic nitrogens is 2. The second-order valence-corrected chi connectivity index (χ2v) is 7.00. The van der Waals surface area contributed by atoms with Crippen LogP contribution in [0.1, 0.15) is 24.0 Å². The number of hydrogen-bond donors (Lipinski definition) is 1. The van der Waals surface area contributed by atoms with E-state index in [1.165, 1.54) is 6.07 Å². The van der Waals surface area contributed by atoms with Gasteiger partial charge in [0.25, 0.3) is 0 Å². The number of ketones is 1. The van der Waals surface area contributed by atoms with Crippen molar-refractivity contribution in [2.75, 3.05) is 0 Å². The van der Waals surface area contributed by atoms with E-state index < -0.39 is 0 Å². The molecule has 2 aromatic carbocycles. The van der Waals surface area contributed by atoms with Gasteiger partial charge < -0.3 is 4.98 Å². The van der Waals surface area contributed by atoms with E-state index in [9.17, 15) is 9.18 Å². The van der Waals surface area contributed by atoms with Crippen molar-refractivity contribution in [2.24, 2.45) is 0 Å². The van der Waals surface area contributed by atoms with Crippen LogP contribution < -0.4 is 0 Å². The zero-order valence-electron chi connectivity index (χ0n) is 15.5. The molecule has 3 nitrogen and oxygen atoms in total. The smallest absolute Gasteiger partial charge is 0.137 e. The highest BCUT2D eigenvalue weighted by atomic mass is 19.1. The fraction of sp³-hybridized carbons (Fsp3) is 0.167. The van der Waals surface area contributed by atoms with Gasteiger partial charge in [0, 0.05) is 36.2 Å². The van der Waals surface area contributed by atoms with Crippen LogP contribution in [-0.4, -0.2) is 15.8 Å². The molecule has 0 fully saturated rings. The number of nitrogens with zero attached hydrogens (tertiary/aromatic N) is 1. The van der Waals surface area contributed by atoms with E-state index >= 15 is 0 Å². The molecule has 0 spiro atoms. The van der Waals surface area contributed by atoms with Crippen molar-refractivity contribution < 1.29 is 9.18 Å². The molecule has 4 rings (SSSR count). The van der Waals surface area contributed by atoms with Crippen LogP contribution in [0, 0.1) is 5.82 Å². The third-order valence-electron chi connectivity index (χ3n) is 4.92. The first kappa shape index (κ1) is 18.1. The second kappa shape index (κ2) is 8.17. The summed E-state index contributed by atoms with van der Waals surface area (Å²) in [6.45, 7) is 0. The number of Topliss-reactive ketones (excluding diaryl/α,β-unsaturated/α-hetero) is 1. The van der Waals surface area contributed by atoms with E-state index in [-0.39, 0.29) is 11.6 Å². The highest BCUT2D eigenvalue weighted by Crippen LogP contribution is 2.23. The Labute approximate surface area is 163 Å². The van der Waals surface area contributed by atoms with Crippen molar-refractivity contribution in [2.45, 2.75) is 25.7 Å². The molecule has 0 unspecified atom stereocenters. The number of carbonyl (C=O) groups excluding carboxylic acids is 1. The molecule has 0 aliphatic heterocycles.